The van der Waals surface area contributed by atoms with E-state index in [1.807, 2.05) is 0 Å². The van der Waals surface area contributed by atoms with E-state index in [9.17, 15) is 9.59 Å². The van der Waals surface area contributed by atoms with Gasteiger partial charge in [0, 0.05) is 18.7 Å². The molecule has 3 N–H and O–H groups in total. The van der Waals surface area contributed by atoms with Gasteiger partial charge >= 0.3 is 5.97 Å². The van der Waals surface area contributed by atoms with Gasteiger partial charge in [0.05, 0.1) is 12.2 Å². The van der Waals surface area contributed by atoms with Crippen LogP contribution in [0.1, 0.15) is 62.9 Å². The van der Waals surface area contributed by atoms with Crippen molar-refractivity contribution in [3.63, 3.8) is 0 Å². The number of aryl methyl sites for hydroxylation is 1. The first kappa shape index (κ1) is 20.0. The summed E-state index contributed by atoms with van der Waals surface area (Å²) in [5.41, 5.74) is 8.20. The van der Waals surface area contributed by atoms with Gasteiger partial charge in [-0.1, -0.05) is 20.8 Å². The van der Waals surface area contributed by atoms with Crippen LogP contribution >= 0.6 is 0 Å². The molecule has 1 amide bonds. The zero-order valence-corrected chi connectivity index (χ0v) is 15.3. The zero-order chi connectivity index (χ0) is 18.2. The number of nitrogens with one attached hydrogen (secondary N) is 1. The number of hydrogen-bond acceptors (Lipinski definition) is 4. The largest absolute Gasteiger partial charge is 0.462 e. The van der Waals surface area contributed by atoms with Gasteiger partial charge in [0.25, 0.3) is 0 Å². The molecule has 24 heavy (non-hydrogen) atoms. The molecule has 0 bridgehead atoms. The number of amides is 1. The van der Waals surface area contributed by atoms with E-state index in [-0.39, 0.29) is 17.3 Å². The predicted molar refractivity (Wildman–Crippen MR) is 96.8 cm³/mol. The Balaban J connectivity index is 2.43. The third-order valence-corrected chi connectivity index (χ3v) is 3.70. The van der Waals surface area contributed by atoms with Gasteiger partial charge in [0.15, 0.2) is 0 Å². The van der Waals surface area contributed by atoms with Crippen LogP contribution in [0.4, 0.5) is 5.69 Å². The number of carbonyl (C=O) groups excluding carboxylic acids is 2. The molecule has 134 valence electrons. The van der Waals surface area contributed by atoms with Crippen LogP contribution in [0, 0.1) is 5.41 Å². The van der Waals surface area contributed by atoms with Crippen molar-refractivity contribution < 1.29 is 14.3 Å². The van der Waals surface area contributed by atoms with Crippen molar-refractivity contribution in [1.29, 1.82) is 0 Å². The number of rotatable bonds is 8. The lowest BCUT2D eigenvalue weighted by atomic mass is 9.90. The molecule has 0 saturated heterocycles. The first-order valence-corrected chi connectivity index (χ1v) is 8.55. The van der Waals surface area contributed by atoms with Crippen LogP contribution in [-0.4, -0.2) is 25.0 Å². The van der Waals surface area contributed by atoms with E-state index in [1.165, 1.54) is 0 Å². The summed E-state index contributed by atoms with van der Waals surface area (Å²) in [6, 6.07) is 5.17. The Morgan fingerprint density at radius 3 is 2.58 bits per heavy atom. The Labute approximate surface area is 145 Å². The highest BCUT2D eigenvalue weighted by Crippen LogP contribution is 2.20. The molecule has 0 fully saturated rings. The molecular formula is C19H30N2O3. The monoisotopic (exact) mass is 334 g/mol. The van der Waals surface area contributed by atoms with Crippen LogP contribution in [-0.2, 0) is 16.0 Å². The number of anilines is 1. The van der Waals surface area contributed by atoms with Gasteiger partial charge in [-0.05, 0) is 55.4 Å². The molecule has 0 aliphatic rings. The molecule has 0 saturated carbocycles. The predicted octanol–water partition coefficient (Wildman–Crippen LogP) is 3.32. The highest BCUT2D eigenvalue weighted by molar-refractivity contribution is 5.90. The maximum Gasteiger partial charge on any atom is 0.338 e. The number of hydrogen-bond donors (Lipinski definition) is 2. The molecular weight excluding hydrogens is 304 g/mol. The average Bonchev–Trinajstić information content (AvgIpc) is 2.50. The summed E-state index contributed by atoms with van der Waals surface area (Å²) < 4.78 is 5.00. The van der Waals surface area contributed by atoms with E-state index >= 15 is 0 Å². The Morgan fingerprint density at radius 2 is 1.96 bits per heavy atom. The summed E-state index contributed by atoms with van der Waals surface area (Å²) >= 11 is 0. The van der Waals surface area contributed by atoms with E-state index in [0.29, 0.717) is 37.2 Å². The lowest BCUT2D eigenvalue weighted by Gasteiger charge is -2.17. The Hall–Kier alpha value is -2.04. The molecule has 0 unspecified atom stereocenters. The number of nitrogen functional groups attached to an aromatic ring is 1. The molecule has 0 aliphatic heterocycles. The zero-order valence-electron chi connectivity index (χ0n) is 15.3. The van der Waals surface area contributed by atoms with Crippen molar-refractivity contribution >= 4 is 17.6 Å². The van der Waals surface area contributed by atoms with Crippen LogP contribution in [0.2, 0.25) is 0 Å². The number of nitrogens with two attached hydrogens (primary N) is 1. The van der Waals surface area contributed by atoms with Gasteiger partial charge in [-0.3, -0.25) is 4.79 Å². The fourth-order valence-electron chi connectivity index (χ4n) is 2.25. The Kier molecular flexibility index (Phi) is 7.75. The minimum absolute atomic E-state index is 0.0816. The maximum atomic E-state index is 11.8. The van der Waals surface area contributed by atoms with Crippen LogP contribution in [0.25, 0.3) is 0 Å². The molecule has 0 spiro atoms. The minimum atomic E-state index is -0.339. The number of esters is 1. The normalized spacial score (nSPS) is 11.2. The Morgan fingerprint density at radius 1 is 1.25 bits per heavy atom. The number of benzene rings is 1. The molecule has 5 nitrogen and oxygen atoms in total. The maximum absolute atomic E-state index is 11.8. The topological polar surface area (TPSA) is 81.4 Å². The summed E-state index contributed by atoms with van der Waals surface area (Å²) in [5, 5.41) is 2.93. The van der Waals surface area contributed by atoms with Gasteiger partial charge in [0.2, 0.25) is 5.91 Å². The second-order valence-electron chi connectivity index (χ2n) is 7.15. The standard InChI is InChI=1S/C19H30N2O3/c1-5-24-18(23)15-8-9-16(20)14(13-15)7-6-12-21-17(22)10-11-19(2,3)4/h8-9,13H,5-7,10-12,20H2,1-4H3,(H,21,22). The van der Waals surface area contributed by atoms with Gasteiger partial charge in [0.1, 0.15) is 0 Å². The lowest BCUT2D eigenvalue weighted by molar-refractivity contribution is -0.121. The SMILES string of the molecule is CCOC(=O)c1ccc(N)c(CCCNC(=O)CCC(C)(C)C)c1. The van der Waals surface area contributed by atoms with Gasteiger partial charge < -0.3 is 15.8 Å². The second kappa shape index (κ2) is 9.30. The van der Waals surface area contributed by atoms with Gasteiger partial charge in [-0.15, -0.1) is 0 Å². The molecule has 1 aromatic carbocycles. The summed E-state index contributed by atoms with van der Waals surface area (Å²) in [6.07, 6.45) is 2.90. The number of ether oxygens (including phenoxy) is 1. The smallest absolute Gasteiger partial charge is 0.338 e. The van der Waals surface area contributed by atoms with E-state index in [2.05, 4.69) is 26.1 Å². The molecule has 0 heterocycles. The van der Waals surface area contributed by atoms with Gasteiger partial charge in [-0.2, -0.15) is 0 Å². The fraction of sp³-hybridized carbons (Fsp3) is 0.579. The second-order valence-corrected chi connectivity index (χ2v) is 7.15. The average molecular weight is 334 g/mol. The van der Waals surface area contributed by atoms with Crippen LogP contribution < -0.4 is 11.1 Å². The number of carbonyl (C=O) groups is 2. The van der Waals surface area contributed by atoms with Gasteiger partial charge in [-0.25, -0.2) is 4.79 Å². The van der Waals surface area contributed by atoms with Crippen LogP contribution in [0.3, 0.4) is 0 Å². The summed E-state index contributed by atoms with van der Waals surface area (Å²) in [5.74, 6) is -0.257. The van der Waals surface area contributed by atoms with E-state index in [1.54, 1.807) is 25.1 Å². The first-order valence-electron chi connectivity index (χ1n) is 8.55. The third-order valence-electron chi connectivity index (χ3n) is 3.70. The van der Waals surface area contributed by atoms with Crippen LogP contribution in [0.5, 0.6) is 0 Å². The van der Waals surface area contributed by atoms with Crippen LogP contribution in [0.15, 0.2) is 18.2 Å². The molecule has 1 aromatic rings. The van der Waals surface area contributed by atoms with E-state index < -0.39 is 0 Å². The van der Waals surface area contributed by atoms with Crippen molar-refractivity contribution in [2.24, 2.45) is 5.41 Å². The lowest BCUT2D eigenvalue weighted by Crippen LogP contribution is -2.25. The fourth-order valence-corrected chi connectivity index (χ4v) is 2.25. The van der Waals surface area contributed by atoms with E-state index in [4.69, 9.17) is 10.5 Å². The molecule has 1 rings (SSSR count). The van der Waals surface area contributed by atoms with Crippen molar-refractivity contribution in [2.75, 3.05) is 18.9 Å². The molecule has 0 aliphatic carbocycles. The highest BCUT2D eigenvalue weighted by atomic mass is 16.5. The first-order chi connectivity index (χ1) is 11.2. The molecule has 0 radical (unpaired) electrons. The van der Waals surface area contributed by atoms with Crippen molar-refractivity contribution in [2.45, 2.75) is 53.4 Å². The quantitative estimate of drug-likeness (QED) is 0.434. The summed E-state index contributed by atoms with van der Waals surface area (Å²) in [6.45, 7) is 9.10. The molecule has 0 atom stereocenters. The molecule has 5 heteroatoms. The van der Waals surface area contributed by atoms with E-state index in [0.717, 1.165) is 18.4 Å². The summed E-state index contributed by atoms with van der Waals surface area (Å²) in [7, 11) is 0. The van der Waals surface area contributed by atoms with Crippen molar-refractivity contribution in [1.82, 2.24) is 5.32 Å². The molecule has 0 aromatic heterocycles. The Bertz CT molecular complexity index is 562. The third kappa shape index (κ3) is 7.49. The van der Waals surface area contributed by atoms with Crippen molar-refractivity contribution in [3.05, 3.63) is 29.3 Å². The minimum Gasteiger partial charge on any atom is -0.462 e. The van der Waals surface area contributed by atoms with Crippen molar-refractivity contribution in [3.8, 4) is 0 Å². The highest BCUT2D eigenvalue weighted by Gasteiger charge is 2.13. The summed E-state index contributed by atoms with van der Waals surface area (Å²) in [4.78, 5) is 23.5.